The van der Waals surface area contributed by atoms with Crippen LogP contribution in [0.25, 0.3) is 0 Å². The molecule has 19 heavy (non-hydrogen) atoms. The maximum Gasteiger partial charge on any atom is 0.105 e. The maximum atomic E-state index is 9.89. The Bertz CT molecular complexity index is 528. The summed E-state index contributed by atoms with van der Waals surface area (Å²) in [6.07, 6.45) is 3.00. The van der Waals surface area contributed by atoms with Crippen LogP contribution in [-0.4, -0.2) is 27.4 Å². The Hall–Kier alpha value is -1.36. The van der Waals surface area contributed by atoms with Crippen molar-refractivity contribution in [2.75, 3.05) is 6.61 Å². The fourth-order valence-electron chi connectivity index (χ4n) is 1.80. The Morgan fingerprint density at radius 1 is 1.42 bits per heavy atom. The fourth-order valence-corrected chi connectivity index (χ4v) is 1.99. The molecule has 0 amide bonds. The maximum absolute atomic E-state index is 9.89. The third-order valence-electron chi connectivity index (χ3n) is 2.86. The number of aromatic nitrogens is 2. The number of aryl methyl sites for hydroxylation is 1. The van der Waals surface area contributed by atoms with E-state index in [9.17, 15) is 5.11 Å². The van der Waals surface area contributed by atoms with Crippen molar-refractivity contribution >= 4 is 11.6 Å². The zero-order valence-electron chi connectivity index (χ0n) is 10.8. The van der Waals surface area contributed by atoms with E-state index in [1.165, 1.54) is 0 Å². The van der Waals surface area contributed by atoms with Gasteiger partial charge in [-0.15, -0.1) is 0 Å². The molecule has 5 heteroatoms. The molecule has 0 aliphatic carbocycles. The minimum atomic E-state index is -0.560. The Morgan fingerprint density at radius 3 is 2.89 bits per heavy atom. The number of imidazole rings is 1. The van der Waals surface area contributed by atoms with Crippen LogP contribution in [0.3, 0.4) is 0 Å². The first-order chi connectivity index (χ1) is 9.16. The van der Waals surface area contributed by atoms with Crippen molar-refractivity contribution in [3.63, 3.8) is 0 Å². The highest BCUT2D eigenvalue weighted by atomic mass is 35.5. The highest BCUT2D eigenvalue weighted by molar-refractivity contribution is 6.31. The molecule has 1 aromatic heterocycles. The van der Waals surface area contributed by atoms with Crippen LogP contribution >= 0.6 is 11.6 Å². The molecule has 0 aliphatic heterocycles. The summed E-state index contributed by atoms with van der Waals surface area (Å²) in [5.74, 6) is 0.880. The van der Waals surface area contributed by atoms with Gasteiger partial charge < -0.3 is 14.4 Å². The Balaban J connectivity index is 1.77. The van der Waals surface area contributed by atoms with Crippen LogP contribution < -0.4 is 0 Å². The monoisotopic (exact) mass is 280 g/mol. The van der Waals surface area contributed by atoms with Gasteiger partial charge in [0.25, 0.3) is 0 Å². The first-order valence-electron chi connectivity index (χ1n) is 6.14. The number of halogens is 1. The summed E-state index contributed by atoms with van der Waals surface area (Å²) in [5, 5.41) is 10.6. The number of aliphatic hydroxyl groups excluding tert-OH is 1. The minimum absolute atomic E-state index is 0.267. The van der Waals surface area contributed by atoms with Crippen molar-refractivity contribution in [2.24, 2.45) is 0 Å². The van der Waals surface area contributed by atoms with E-state index in [1.807, 2.05) is 42.0 Å². The second-order valence-corrected chi connectivity index (χ2v) is 4.79. The van der Waals surface area contributed by atoms with Crippen LogP contribution in [0.2, 0.25) is 5.02 Å². The number of nitrogens with zero attached hydrogens (tertiary/aromatic N) is 2. The Kier molecular flexibility index (Phi) is 4.96. The lowest BCUT2D eigenvalue weighted by Gasteiger charge is -2.13. The predicted octanol–water partition coefficient (Wildman–Crippen LogP) is 2.42. The normalized spacial score (nSPS) is 12.6. The van der Waals surface area contributed by atoms with Gasteiger partial charge >= 0.3 is 0 Å². The van der Waals surface area contributed by atoms with Gasteiger partial charge in [0.15, 0.2) is 0 Å². The number of ether oxygens (including phenoxy) is 1. The molecule has 2 aromatic rings. The molecule has 0 saturated carbocycles. The van der Waals surface area contributed by atoms with Crippen molar-refractivity contribution in [1.82, 2.24) is 9.55 Å². The molecule has 0 spiro atoms. The topological polar surface area (TPSA) is 47.3 Å². The molecule has 1 heterocycles. The third kappa shape index (κ3) is 4.06. The molecule has 1 N–H and O–H groups in total. The van der Waals surface area contributed by atoms with Crippen molar-refractivity contribution in [3.05, 3.63) is 53.1 Å². The van der Waals surface area contributed by atoms with E-state index >= 15 is 0 Å². The molecule has 0 radical (unpaired) electrons. The lowest BCUT2D eigenvalue weighted by molar-refractivity contribution is 0.0201. The molecule has 1 atom stereocenters. The van der Waals surface area contributed by atoms with Crippen LogP contribution in [0.15, 0.2) is 36.7 Å². The fraction of sp³-hybridized carbons (Fsp3) is 0.357. The van der Waals surface area contributed by atoms with Crippen molar-refractivity contribution < 1.29 is 9.84 Å². The Morgan fingerprint density at radius 2 is 2.21 bits per heavy atom. The van der Waals surface area contributed by atoms with Crippen molar-refractivity contribution in [1.29, 1.82) is 0 Å². The van der Waals surface area contributed by atoms with E-state index < -0.39 is 6.10 Å². The molecule has 0 bridgehead atoms. The quantitative estimate of drug-likeness (QED) is 0.884. The summed E-state index contributed by atoms with van der Waals surface area (Å²) in [5.41, 5.74) is 0.926. The first-order valence-corrected chi connectivity index (χ1v) is 6.51. The summed E-state index contributed by atoms with van der Waals surface area (Å²) in [6, 6.07) is 7.53. The number of hydrogen-bond acceptors (Lipinski definition) is 3. The minimum Gasteiger partial charge on any atom is -0.389 e. The largest absolute Gasteiger partial charge is 0.389 e. The predicted molar refractivity (Wildman–Crippen MR) is 74.1 cm³/mol. The average Bonchev–Trinajstić information content (AvgIpc) is 2.77. The molecule has 102 valence electrons. The standard InChI is InChI=1S/C14H17ClN2O2/c1-11-16-6-7-17(11)8-13(18)10-19-9-12-4-2-3-5-14(12)15/h2-7,13,18H,8-10H2,1H3/t13-/m0/s1. The molecule has 0 aliphatic rings. The van der Waals surface area contributed by atoms with E-state index in [0.717, 1.165) is 11.4 Å². The molecule has 2 rings (SSSR count). The van der Waals surface area contributed by atoms with Crippen molar-refractivity contribution in [3.8, 4) is 0 Å². The third-order valence-corrected chi connectivity index (χ3v) is 3.23. The van der Waals surface area contributed by atoms with E-state index in [0.29, 0.717) is 18.2 Å². The zero-order valence-corrected chi connectivity index (χ0v) is 11.5. The molecule has 0 saturated heterocycles. The van der Waals surface area contributed by atoms with Gasteiger partial charge in [-0.3, -0.25) is 0 Å². The van der Waals surface area contributed by atoms with Gasteiger partial charge in [0.05, 0.1) is 25.9 Å². The second kappa shape index (κ2) is 6.70. The van der Waals surface area contributed by atoms with E-state index in [2.05, 4.69) is 4.98 Å². The summed E-state index contributed by atoms with van der Waals surface area (Å²) in [4.78, 5) is 4.10. The summed E-state index contributed by atoms with van der Waals surface area (Å²) >= 11 is 6.02. The van der Waals surface area contributed by atoms with Gasteiger partial charge in [-0.1, -0.05) is 29.8 Å². The van der Waals surface area contributed by atoms with Gasteiger partial charge in [0, 0.05) is 17.4 Å². The van der Waals surface area contributed by atoms with Gasteiger partial charge in [-0.25, -0.2) is 4.98 Å². The average molecular weight is 281 g/mol. The number of hydrogen-bond donors (Lipinski definition) is 1. The van der Waals surface area contributed by atoms with Gasteiger partial charge in [-0.05, 0) is 18.6 Å². The van der Waals surface area contributed by atoms with Crippen LogP contribution in [0.4, 0.5) is 0 Å². The van der Waals surface area contributed by atoms with E-state index in [-0.39, 0.29) is 6.61 Å². The van der Waals surface area contributed by atoms with Crippen molar-refractivity contribution in [2.45, 2.75) is 26.2 Å². The zero-order chi connectivity index (χ0) is 13.7. The summed E-state index contributed by atoms with van der Waals surface area (Å²) in [7, 11) is 0. The molecular weight excluding hydrogens is 264 g/mol. The van der Waals surface area contributed by atoms with Crippen LogP contribution in [0.5, 0.6) is 0 Å². The highest BCUT2D eigenvalue weighted by Gasteiger charge is 2.08. The SMILES string of the molecule is Cc1nccn1C[C@H](O)COCc1ccccc1Cl. The lowest BCUT2D eigenvalue weighted by Crippen LogP contribution is -2.22. The van der Waals surface area contributed by atoms with Gasteiger partial charge in [0.2, 0.25) is 0 Å². The smallest absolute Gasteiger partial charge is 0.105 e. The second-order valence-electron chi connectivity index (χ2n) is 4.39. The Labute approximate surface area is 117 Å². The van der Waals surface area contributed by atoms with Crippen LogP contribution in [0, 0.1) is 6.92 Å². The summed E-state index contributed by atoms with van der Waals surface area (Å²) < 4.78 is 7.38. The van der Waals surface area contributed by atoms with E-state index in [4.69, 9.17) is 16.3 Å². The first kappa shape index (κ1) is 14.1. The van der Waals surface area contributed by atoms with Crippen LogP contribution in [0.1, 0.15) is 11.4 Å². The van der Waals surface area contributed by atoms with Gasteiger partial charge in [-0.2, -0.15) is 0 Å². The molecular formula is C14H17ClN2O2. The number of benzene rings is 1. The van der Waals surface area contributed by atoms with Crippen LogP contribution in [-0.2, 0) is 17.9 Å². The van der Waals surface area contributed by atoms with Gasteiger partial charge in [0.1, 0.15) is 5.82 Å². The highest BCUT2D eigenvalue weighted by Crippen LogP contribution is 2.15. The molecule has 0 fully saturated rings. The summed E-state index contributed by atoms with van der Waals surface area (Å²) in [6.45, 7) is 3.05. The molecule has 0 unspecified atom stereocenters. The number of aliphatic hydroxyl groups is 1. The molecule has 1 aromatic carbocycles. The lowest BCUT2D eigenvalue weighted by atomic mass is 10.2. The van der Waals surface area contributed by atoms with E-state index in [1.54, 1.807) is 6.20 Å². The molecule has 4 nitrogen and oxygen atoms in total. The number of rotatable bonds is 6.